The van der Waals surface area contributed by atoms with Gasteiger partial charge in [-0.15, -0.1) is 10.5 Å². The molecule has 4 aromatic rings. The van der Waals surface area contributed by atoms with Crippen LogP contribution >= 0.6 is 22.1 Å². The highest BCUT2D eigenvalue weighted by Gasteiger charge is 2.21. The maximum atomic E-state index is 11.5. The molecule has 0 saturated heterocycles. The molecule has 0 fully saturated rings. The number of benzene rings is 2. The van der Waals surface area contributed by atoms with E-state index >= 15 is 0 Å². The summed E-state index contributed by atoms with van der Waals surface area (Å²) >= 11 is 6.48. The summed E-state index contributed by atoms with van der Waals surface area (Å²) in [6.45, 7) is 0.926. The average molecular weight is 519 g/mol. The number of ether oxygens (including phenoxy) is 1. The lowest BCUT2D eigenvalue weighted by atomic mass is 10.2. The second kappa shape index (κ2) is 10.9. The summed E-state index contributed by atoms with van der Waals surface area (Å²) in [4.78, 5) is 25.2. The Balaban J connectivity index is 1.46. The number of carbonyl (C=O) groups is 1. The Kier molecular flexibility index (Phi) is 7.25. The Morgan fingerprint density at radius 3 is 2.69 bits per heavy atom. The van der Waals surface area contributed by atoms with Crippen LogP contribution in [0, 0.1) is 0 Å². The van der Waals surface area contributed by atoms with E-state index in [4.69, 9.17) is 21.3 Å². The molecule has 0 aliphatic carbocycles. The molecule has 1 N–H and O–H groups in total. The minimum Gasteiger partial charge on any atom is -0.486 e. The van der Waals surface area contributed by atoms with Gasteiger partial charge >= 0.3 is 5.97 Å². The Morgan fingerprint density at radius 2 is 1.94 bits per heavy atom. The van der Waals surface area contributed by atoms with Crippen molar-refractivity contribution in [2.75, 3.05) is 5.75 Å². The van der Waals surface area contributed by atoms with Gasteiger partial charge in [-0.25, -0.2) is 9.98 Å². The number of fused-ring (bicyclic) bond motifs is 1. The van der Waals surface area contributed by atoms with Crippen molar-refractivity contribution in [3.63, 3.8) is 0 Å². The van der Waals surface area contributed by atoms with Gasteiger partial charge in [-0.2, -0.15) is 0 Å². The molecule has 0 radical (unpaired) electrons. The lowest BCUT2D eigenvalue weighted by Crippen LogP contribution is -2.20. The molecule has 7 nitrogen and oxygen atoms in total. The SMILES string of the molecule is O=C(O)CS1=CCc2c1n(Cc1ccccc1)cnc2=Nc1ccc(OCc2ccccn2)c(Cl)c1. The molecule has 36 heavy (non-hydrogen) atoms. The van der Waals surface area contributed by atoms with E-state index in [1.165, 1.54) is 0 Å². The Hall–Kier alpha value is -3.75. The zero-order chi connectivity index (χ0) is 24.9. The fourth-order valence-corrected chi connectivity index (χ4v) is 6.14. The molecule has 9 heteroatoms. The number of carboxylic acids is 1. The van der Waals surface area contributed by atoms with Gasteiger partial charge in [0.1, 0.15) is 12.4 Å². The van der Waals surface area contributed by atoms with Crippen LogP contribution in [0.3, 0.4) is 0 Å². The Bertz CT molecular complexity index is 1500. The molecule has 0 bridgehead atoms. The number of pyridine rings is 1. The van der Waals surface area contributed by atoms with Crippen molar-refractivity contribution in [3.05, 3.63) is 107 Å². The van der Waals surface area contributed by atoms with Crippen LogP contribution in [0.25, 0.3) is 0 Å². The van der Waals surface area contributed by atoms with E-state index in [9.17, 15) is 9.90 Å². The van der Waals surface area contributed by atoms with Crippen molar-refractivity contribution >= 4 is 39.1 Å². The first-order chi connectivity index (χ1) is 17.6. The number of rotatable bonds is 8. The second-order valence-electron chi connectivity index (χ2n) is 8.14. The van der Waals surface area contributed by atoms with Gasteiger partial charge in [-0.05, 0) is 41.3 Å². The van der Waals surface area contributed by atoms with Gasteiger partial charge in [0.25, 0.3) is 0 Å². The number of hydrogen-bond acceptors (Lipinski definition) is 5. The zero-order valence-electron chi connectivity index (χ0n) is 19.3. The maximum absolute atomic E-state index is 11.5. The number of nitrogens with zero attached hydrogens (tertiary/aromatic N) is 4. The van der Waals surface area contributed by atoms with E-state index in [0.29, 0.717) is 41.5 Å². The molecule has 0 amide bonds. The van der Waals surface area contributed by atoms with E-state index < -0.39 is 16.5 Å². The van der Waals surface area contributed by atoms with E-state index in [1.807, 2.05) is 59.2 Å². The molecular weight excluding hydrogens is 496 g/mol. The van der Waals surface area contributed by atoms with Crippen molar-refractivity contribution < 1.29 is 14.6 Å². The van der Waals surface area contributed by atoms with Gasteiger partial charge in [0.15, 0.2) is 5.49 Å². The first-order valence-electron chi connectivity index (χ1n) is 11.3. The molecule has 0 spiro atoms. The molecule has 2 aromatic carbocycles. The van der Waals surface area contributed by atoms with Gasteiger partial charge in [-0.1, -0.05) is 48.0 Å². The van der Waals surface area contributed by atoms with Crippen molar-refractivity contribution in [2.45, 2.75) is 24.6 Å². The van der Waals surface area contributed by atoms with E-state index in [-0.39, 0.29) is 5.75 Å². The van der Waals surface area contributed by atoms with Gasteiger partial charge in [-0.3, -0.25) is 9.78 Å². The molecule has 1 aliphatic rings. The van der Waals surface area contributed by atoms with Crippen LogP contribution in [0.15, 0.2) is 89.3 Å². The van der Waals surface area contributed by atoms with Gasteiger partial charge in [0.2, 0.25) is 0 Å². The van der Waals surface area contributed by atoms with Gasteiger partial charge in [0.05, 0.1) is 33.5 Å². The number of carboxylic acid groups (broad SMARTS) is 1. The van der Waals surface area contributed by atoms with Gasteiger partial charge < -0.3 is 14.4 Å². The lowest BCUT2D eigenvalue weighted by Gasteiger charge is -2.15. The number of aliphatic carboxylic acids is 1. The van der Waals surface area contributed by atoms with Crippen LogP contribution in [0.1, 0.15) is 16.8 Å². The van der Waals surface area contributed by atoms with Crippen molar-refractivity contribution in [1.29, 1.82) is 0 Å². The van der Waals surface area contributed by atoms with Crippen molar-refractivity contribution in [2.24, 2.45) is 4.99 Å². The van der Waals surface area contributed by atoms with E-state index in [0.717, 1.165) is 21.8 Å². The number of aromatic nitrogens is 3. The summed E-state index contributed by atoms with van der Waals surface area (Å²) in [7, 11) is -0.528. The van der Waals surface area contributed by atoms with Crippen LogP contribution in [-0.4, -0.2) is 36.7 Å². The quantitative estimate of drug-likeness (QED) is 0.266. The monoisotopic (exact) mass is 518 g/mol. The molecule has 182 valence electrons. The van der Waals surface area contributed by atoms with Crippen LogP contribution in [0.2, 0.25) is 5.02 Å². The molecule has 1 aliphatic heterocycles. The first-order valence-corrected chi connectivity index (χ1v) is 13.1. The molecule has 0 saturated carbocycles. The molecular formula is C27H23ClN4O3S. The van der Waals surface area contributed by atoms with Crippen molar-refractivity contribution in [3.8, 4) is 5.75 Å². The van der Waals surface area contributed by atoms with Crippen molar-refractivity contribution in [1.82, 2.24) is 14.5 Å². The van der Waals surface area contributed by atoms with Crippen LogP contribution in [0.4, 0.5) is 5.69 Å². The van der Waals surface area contributed by atoms with E-state index in [2.05, 4.69) is 15.3 Å². The fourth-order valence-electron chi connectivity index (χ4n) is 3.96. The normalized spacial score (nSPS) is 14.8. The Morgan fingerprint density at radius 1 is 1.11 bits per heavy atom. The first kappa shape index (κ1) is 24.0. The smallest absolute Gasteiger partial charge is 0.313 e. The zero-order valence-corrected chi connectivity index (χ0v) is 20.8. The highest BCUT2D eigenvalue weighted by atomic mass is 35.5. The topological polar surface area (TPSA) is 89.6 Å². The van der Waals surface area contributed by atoms with Crippen LogP contribution in [0.5, 0.6) is 5.75 Å². The average Bonchev–Trinajstić information content (AvgIpc) is 3.30. The predicted octanol–water partition coefficient (Wildman–Crippen LogP) is 4.86. The molecule has 1 atom stereocenters. The third-order valence-electron chi connectivity index (χ3n) is 5.57. The molecule has 1 unspecified atom stereocenters. The standard InChI is InChI=1S/C27H23ClN4O3S/c28-23-14-20(9-10-24(23)35-16-21-8-4-5-12-29-21)31-26-22-11-13-36(17-25(33)34)27(22)32(18-30-26)15-19-6-2-1-3-7-19/h1-10,12-14,18H,11,15-17H2,(H,33,34). The summed E-state index contributed by atoms with van der Waals surface area (Å²) in [6, 6.07) is 21.0. The summed E-state index contributed by atoms with van der Waals surface area (Å²) in [5.74, 6) is -0.221. The third kappa shape index (κ3) is 5.56. The highest BCUT2D eigenvalue weighted by Crippen LogP contribution is 2.34. The summed E-state index contributed by atoms with van der Waals surface area (Å²) in [5.41, 5.74) is 4.10. The second-order valence-corrected chi connectivity index (χ2v) is 10.4. The van der Waals surface area contributed by atoms with Gasteiger partial charge in [0, 0.05) is 24.7 Å². The Labute approximate surface area is 215 Å². The van der Waals surface area contributed by atoms with Crippen LogP contribution < -0.4 is 10.2 Å². The maximum Gasteiger partial charge on any atom is 0.313 e. The fraction of sp³-hybridized carbons (Fsp3) is 0.148. The third-order valence-corrected chi connectivity index (χ3v) is 7.97. The van der Waals surface area contributed by atoms with E-state index in [1.54, 1.807) is 24.7 Å². The summed E-state index contributed by atoms with van der Waals surface area (Å²) in [5, 5.41) is 12.9. The predicted molar refractivity (Wildman–Crippen MR) is 141 cm³/mol. The lowest BCUT2D eigenvalue weighted by molar-refractivity contribution is -0.133. The minimum absolute atomic E-state index is 0.0549. The summed E-state index contributed by atoms with van der Waals surface area (Å²) in [6.07, 6.45) is 4.08. The molecule has 3 heterocycles. The summed E-state index contributed by atoms with van der Waals surface area (Å²) < 4.78 is 7.85. The highest BCUT2D eigenvalue weighted by molar-refractivity contribution is 8.15. The minimum atomic E-state index is -0.822. The number of halogens is 1. The molecule has 5 rings (SSSR count). The molecule has 2 aromatic heterocycles. The number of hydrogen-bond donors (Lipinski definition) is 1. The van der Waals surface area contributed by atoms with Crippen LogP contribution in [-0.2, 0) is 24.4 Å². The largest absolute Gasteiger partial charge is 0.486 e.